The first-order valence-electron chi connectivity index (χ1n) is 9.45. The monoisotopic (exact) mass is 348 g/mol. The zero-order chi connectivity index (χ0) is 16.7. The molecule has 3 aliphatic rings. The van der Waals surface area contributed by atoms with Gasteiger partial charge in [-0.1, -0.05) is 31.6 Å². The Morgan fingerprint density at radius 2 is 2.04 bits per heavy atom. The van der Waals surface area contributed by atoms with Crippen molar-refractivity contribution in [1.82, 2.24) is 15.1 Å². The number of aromatic nitrogens is 2. The third-order valence-corrected chi connectivity index (χ3v) is 7.36. The fourth-order valence-electron chi connectivity index (χ4n) is 4.32. The molecule has 0 aromatic carbocycles. The van der Waals surface area contributed by atoms with Gasteiger partial charge in [0.05, 0.1) is 5.41 Å². The van der Waals surface area contributed by atoms with Crippen LogP contribution in [0.5, 0.6) is 0 Å². The first kappa shape index (κ1) is 16.3. The quantitative estimate of drug-likeness (QED) is 0.838. The van der Waals surface area contributed by atoms with Crippen LogP contribution < -0.4 is 4.90 Å². The molecule has 24 heavy (non-hydrogen) atoms. The molecule has 6 heteroatoms. The highest BCUT2D eigenvalue weighted by Gasteiger charge is 2.49. The fraction of sp³-hybridized carbons (Fsp3) is 0.833. The largest absolute Gasteiger partial charge is 0.346 e. The Kier molecular flexibility index (Phi) is 4.27. The molecule has 1 saturated carbocycles. The predicted molar refractivity (Wildman–Crippen MR) is 96.4 cm³/mol. The van der Waals surface area contributed by atoms with E-state index in [0.29, 0.717) is 11.8 Å². The van der Waals surface area contributed by atoms with Crippen LogP contribution in [-0.2, 0) is 4.79 Å². The van der Waals surface area contributed by atoms with E-state index in [9.17, 15) is 4.79 Å². The van der Waals surface area contributed by atoms with Gasteiger partial charge in [-0.3, -0.25) is 4.79 Å². The lowest BCUT2D eigenvalue weighted by Gasteiger charge is -2.42. The maximum atomic E-state index is 13.2. The van der Waals surface area contributed by atoms with Crippen LogP contribution in [0.4, 0.5) is 5.13 Å². The van der Waals surface area contributed by atoms with Crippen LogP contribution in [0.2, 0.25) is 0 Å². The van der Waals surface area contributed by atoms with Gasteiger partial charge in [0.2, 0.25) is 11.0 Å². The van der Waals surface area contributed by atoms with Crippen molar-refractivity contribution in [3.63, 3.8) is 0 Å². The van der Waals surface area contributed by atoms with E-state index in [0.717, 1.165) is 61.5 Å². The Bertz CT molecular complexity index is 612. The van der Waals surface area contributed by atoms with Gasteiger partial charge in [0.1, 0.15) is 5.01 Å². The lowest BCUT2D eigenvalue weighted by molar-refractivity contribution is -0.146. The molecule has 2 saturated heterocycles. The van der Waals surface area contributed by atoms with E-state index in [1.807, 2.05) is 0 Å². The van der Waals surface area contributed by atoms with Gasteiger partial charge in [0, 0.05) is 32.1 Å². The van der Waals surface area contributed by atoms with Crippen molar-refractivity contribution in [2.75, 3.05) is 31.1 Å². The summed E-state index contributed by atoms with van der Waals surface area (Å²) < 4.78 is 0. The number of carbonyl (C=O) groups excluding carboxylic acids is 1. The molecule has 4 rings (SSSR count). The zero-order valence-electron chi connectivity index (χ0n) is 14.8. The molecule has 1 spiro atoms. The van der Waals surface area contributed by atoms with Crippen LogP contribution in [0, 0.1) is 11.3 Å². The molecule has 1 atom stereocenters. The van der Waals surface area contributed by atoms with Gasteiger partial charge in [-0.05, 0) is 38.0 Å². The number of anilines is 1. The molecular formula is C18H28N4OS. The van der Waals surface area contributed by atoms with Gasteiger partial charge >= 0.3 is 0 Å². The zero-order valence-corrected chi connectivity index (χ0v) is 15.6. The minimum absolute atomic E-state index is 0.161. The third kappa shape index (κ3) is 2.83. The van der Waals surface area contributed by atoms with E-state index >= 15 is 0 Å². The summed E-state index contributed by atoms with van der Waals surface area (Å²) in [5, 5.41) is 10.8. The second kappa shape index (κ2) is 6.28. The molecule has 1 unspecified atom stereocenters. The summed E-state index contributed by atoms with van der Waals surface area (Å²) in [7, 11) is 0. The summed E-state index contributed by atoms with van der Waals surface area (Å²) in [6, 6.07) is 0. The standard InChI is InChI=1S/C18H28N4OS/c1-13(2)15-19-20-17(24-15)22-10-8-18(12-22)7-4-9-21(16(18)23)11-14-5-3-6-14/h13-14H,3-12H2,1-2H3. The first-order valence-corrected chi connectivity index (χ1v) is 10.3. The molecule has 1 aliphatic carbocycles. The predicted octanol–water partition coefficient (Wildman–Crippen LogP) is 3.28. The Morgan fingerprint density at radius 1 is 1.21 bits per heavy atom. The average molecular weight is 349 g/mol. The number of amides is 1. The number of carbonyl (C=O) groups is 1. The highest BCUT2D eigenvalue weighted by Crippen LogP contribution is 2.43. The summed E-state index contributed by atoms with van der Waals surface area (Å²) in [4.78, 5) is 17.7. The SMILES string of the molecule is CC(C)c1nnc(N2CCC3(CCCN(CC4CCC4)C3=O)C2)s1. The molecule has 1 aromatic rings. The number of likely N-dealkylation sites (tertiary alicyclic amines) is 1. The highest BCUT2D eigenvalue weighted by molar-refractivity contribution is 7.15. The Labute approximate surface area is 148 Å². The normalized spacial score (nSPS) is 28.2. The van der Waals surface area contributed by atoms with Crippen LogP contribution >= 0.6 is 11.3 Å². The summed E-state index contributed by atoms with van der Waals surface area (Å²) >= 11 is 1.69. The van der Waals surface area contributed by atoms with Crippen molar-refractivity contribution < 1.29 is 4.79 Å². The summed E-state index contributed by atoms with van der Waals surface area (Å²) in [6.07, 6.45) is 7.14. The van der Waals surface area contributed by atoms with Crippen LogP contribution in [0.25, 0.3) is 0 Å². The molecule has 2 aliphatic heterocycles. The number of rotatable bonds is 4. The second-order valence-corrected chi connectivity index (χ2v) is 9.17. The van der Waals surface area contributed by atoms with Crippen molar-refractivity contribution in [1.29, 1.82) is 0 Å². The molecule has 1 amide bonds. The average Bonchev–Trinajstić information content (AvgIpc) is 3.15. The van der Waals surface area contributed by atoms with E-state index in [2.05, 4.69) is 33.8 Å². The minimum atomic E-state index is -0.161. The van der Waals surface area contributed by atoms with Crippen LogP contribution in [0.1, 0.15) is 63.3 Å². The molecule has 3 fully saturated rings. The van der Waals surface area contributed by atoms with Gasteiger partial charge in [-0.15, -0.1) is 10.2 Å². The Balaban J connectivity index is 1.45. The number of nitrogens with zero attached hydrogens (tertiary/aromatic N) is 4. The van der Waals surface area contributed by atoms with Crippen LogP contribution in [0.3, 0.4) is 0 Å². The molecule has 3 heterocycles. The first-order chi connectivity index (χ1) is 11.6. The summed E-state index contributed by atoms with van der Waals surface area (Å²) in [5.74, 6) is 1.59. The summed E-state index contributed by atoms with van der Waals surface area (Å²) in [5.41, 5.74) is -0.161. The topological polar surface area (TPSA) is 49.3 Å². The van der Waals surface area contributed by atoms with E-state index in [1.54, 1.807) is 11.3 Å². The van der Waals surface area contributed by atoms with E-state index in [-0.39, 0.29) is 5.41 Å². The van der Waals surface area contributed by atoms with Gasteiger partial charge in [-0.2, -0.15) is 0 Å². The number of hydrogen-bond donors (Lipinski definition) is 0. The molecule has 1 aromatic heterocycles. The van der Waals surface area contributed by atoms with E-state index in [1.165, 1.54) is 19.3 Å². The second-order valence-electron chi connectivity index (χ2n) is 8.18. The van der Waals surface area contributed by atoms with Crippen molar-refractivity contribution in [2.45, 2.75) is 58.3 Å². The van der Waals surface area contributed by atoms with E-state index in [4.69, 9.17) is 0 Å². The van der Waals surface area contributed by atoms with Crippen LogP contribution in [-0.4, -0.2) is 47.2 Å². The Morgan fingerprint density at radius 3 is 2.71 bits per heavy atom. The van der Waals surface area contributed by atoms with Gasteiger partial charge in [0.25, 0.3) is 0 Å². The van der Waals surface area contributed by atoms with E-state index < -0.39 is 0 Å². The van der Waals surface area contributed by atoms with Crippen molar-refractivity contribution in [3.8, 4) is 0 Å². The lowest BCUT2D eigenvalue weighted by Crippen LogP contribution is -2.51. The third-order valence-electron chi connectivity index (χ3n) is 6.08. The van der Waals surface area contributed by atoms with Crippen molar-refractivity contribution in [3.05, 3.63) is 5.01 Å². The maximum Gasteiger partial charge on any atom is 0.230 e. The van der Waals surface area contributed by atoms with Crippen molar-refractivity contribution >= 4 is 22.4 Å². The smallest absolute Gasteiger partial charge is 0.230 e. The number of hydrogen-bond acceptors (Lipinski definition) is 5. The molecule has 0 N–H and O–H groups in total. The van der Waals surface area contributed by atoms with Crippen LogP contribution in [0.15, 0.2) is 0 Å². The van der Waals surface area contributed by atoms with Crippen molar-refractivity contribution in [2.24, 2.45) is 11.3 Å². The fourth-order valence-corrected chi connectivity index (χ4v) is 5.19. The minimum Gasteiger partial charge on any atom is -0.346 e. The number of piperidine rings is 1. The Hall–Kier alpha value is -1.17. The molecule has 5 nitrogen and oxygen atoms in total. The summed E-state index contributed by atoms with van der Waals surface area (Å²) in [6.45, 7) is 8.04. The molecule has 0 radical (unpaired) electrons. The molecule has 132 valence electrons. The highest BCUT2D eigenvalue weighted by atomic mass is 32.1. The van der Waals surface area contributed by atoms with Gasteiger partial charge in [-0.25, -0.2) is 0 Å². The molecular weight excluding hydrogens is 320 g/mol. The maximum absolute atomic E-state index is 13.2. The molecule has 0 bridgehead atoms. The van der Waals surface area contributed by atoms with Gasteiger partial charge < -0.3 is 9.80 Å². The lowest BCUT2D eigenvalue weighted by atomic mass is 9.77. The van der Waals surface area contributed by atoms with Gasteiger partial charge in [0.15, 0.2) is 0 Å².